The Labute approximate surface area is 186 Å². The second-order valence-electron chi connectivity index (χ2n) is 9.91. The lowest BCUT2D eigenvalue weighted by Crippen LogP contribution is -2.30. The van der Waals surface area contributed by atoms with Crippen LogP contribution in [0.5, 0.6) is 0 Å². The Kier molecular flexibility index (Phi) is 4.90. The van der Waals surface area contributed by atoms with E-state index in [2.05, 4.69) is 22.5 Å². The van der Waals surface area contributed by atoms with E-state index < -0.39 is 5.60 Å². The van der Waals surface area contributed by atoms with Crippen LogP contribution in [0.15, 0.2) is 18.5 Å². The third-order valence-corrected chi connectivity index (χ3v) is 7.73. The smallest absolute Gasteiger partial charge is 0.225 e. The first-order valence-corrected chi connectivity index (χ1v) is 11.9. The van der Waals surface area contributed by atoms with E-state index in [1.165, 1.54) is 0 Å². The maximum absolute atomic E-state index is 10.5. The standard InChI is InChI=1S/C23H30N6OS/c1-13-18(20-27-16-12-24-10-7-17(16)31-20)19(28-21(25-13)29-23(4)8-9-23)26-15-6-5-14(11-15)22(2,3)30/h7,10,12,14-15,30H,5-6,8-9,11H2,1-4H3,(H2,25,26,28,29). The van der Waals surface area contributed by atoms with Crippen molar-refractivity contribution in [1.82, 2.24) is 19.9 Å². The van der Waals surface area contributed by atoms with Crippen LogP contribution in [0.2, 0.25) is 0 Å². The zero-order chi connectivity index (χ0) is 21.8. The number of rotatable bonds is 6. The number of pyridine rings is 1. The second kappa shape index (κ2) is 7.38. The van der Waals surface area contributed by atoms with Crippen LogP contribution < -0.4 is 10.6 Å². The highest BCUT2D eigenvalue weighted by molar-refractivity contribution is 7.21. The second-order valence-corrected chi connectivity index (χ2v) is 10.9. The van der Waals surface area contributed by atoms with Gasteiger partial charge in [0.2, 0.25) is 5.95 Å². The van der Waals surface area contributed by atoms with E-state index in [-0.39, 0.29) is 17.5 Å². The van der Waals surface area contributed by atoms with Crippen molar-refractivity contribution in [1.29, 1.82) is 0 Å². The normalized spacial score (nSPS) is 22.6. The van der Waals surface area contributed by atoms with E-state index in [0.717, 1.165) is 64.4 Å². The van der Waals surface area contributed by atoms with E-state index in [1.807, 2.05) is 26.8 Å². The Bertz CT molecular complexity index is 1080. The van der Waals surface area contributed by atoms with Crippen molar-refractivity contribution in [2.24, 2.45) is 5.92 Å². The van der Waals surface area contributed by atoms with Crippen LogP contribution in [-0.4, -0.2) is 42.2 Å². The fourth-order valence-corrected chi connectivity index (χ4v) is 5.44. The summed E-state index contributed by atoms with van der Waals surface area (Å²) in [4.78, 5) is 18.7. The highest BCUT2D eigenvalue weighted by atomic mass is 32.1. The number of hydrogen-bond donors (Lipinski definition) is 3. The van der Waals surface area contributed by atoms with Crippen LogP contribution in [0.3, 0.4) is 0 Å². The molecule has 2 atom stereocenters. The van der Waals surface area contributed by atoms with E-state index in [1.54, 1.807) is 23.7 Å². The predicted molar refractivity (Wildman–Crippen MR) is 125 cm³/mol. The minimum atomic E-state index is -0.659. The molecular formula is C23H30N6OS. The first-order valence-electron chi connectivity index (χ1n) is 11.1. The molecule has 3 N–H and O–H groups in total. The molecule has 2 aliphatic carbocycles. The number of nitrogens with one attached hydrogen (secondary N) is 2. The van der Waals surface area contributed by atoms with E-state index in [4.69, 9.17) is 15.0 Å². The molecule has 0 saturated heterocycles. The zero-order valence-corrected chi connectivity index (χ0v) is 19.4. The Balaban J connectivity index is 1.51. The van der Waals surface area contributed by atoms with Gasteiger partial charge in [0, 0.05) is 17.8 Å². The van der Waals surface area contributed by atoms with Crippen molar-refractivity contribution in [2.75, 3.05) is 10.6 Å². The molecule has 0 aromatic carbocycles. The van der Waals surface area contributed by atoms with Crippen LogP contribution >= 0.6 is 11.3 Å². The van der Waals surface area contributed by atoms with Crippen molar-refractivity contribution < 1.29 is 5.11 Å². The molecule has 2 aliphatic rings. The van der Waals surface area contributed by atoms with Crippen molar-refractivity contribution >= 4 is 33.3 Å². The third-order valence-electron chi connectivity index (χ3n) is 6.68. The summed E-state index contributed by atoms with van der Waals surface area (Å²) in [5.74, 6) is 1.78. The summed E-state index contributed by atoms with van der Waals surface area (Å²) in [6, 6.07) is 2.26. The van der Waals surface area contributed by atoms with Crippen molar-refractivity contribution in [3.63, 3.8) is 0 Å². The maximum Gasteiger partial charge on any atom is 0.225 e. The average Bonchev–Trinajstić information content (AvgIpc) is 3.08. The summed E-state index contributed by atoms with van der Waals surface area (Å²) in [6.45, 7) is 8.06. The number of hydrogen-bond acceptors (Lipinski definition) is 8. The Hall–Kier alpha value is -2.32. The molecule has 2 saturated carbocycles. The molecule has 2 unspecified atom stereocenters. The van der Waals surface area contributed by atoms with Crippen LogP contribution in [0, 0.1) is 12.8 Å². The van der Waals surface area contributed by atoms with Gasteiger partial charge in [-0.15, -0.1) is 11.3 Å². The van der Waals surface area contributed by atoms with Gasteiger partial charge in [0.05, 0.1) is 27.8 Å². The number of fused-ring (bicyclic) bond motifs is 1. The number of anilines is 2. The number of aryl methyl sites for hydroxylation is 1. The lowest BCUT2D eigenvalue weighted by Gasteiger charge is -2.26. The van der Waals surface area contributed by atoms with Gasteiger partial charge in [-0.3, -0.25) is 4.98 Å². The fourth-order valence-electron chi connectivity index (χ4n) is 4.41. The summed E-state index contributed by atoms with van der Waals surface area (Å²) < 4.78 is 1.10. The van der Waals surface area contributed by atoms with Crippen LogP contribution in [-0.2, 0) is 0 Å². The molecule has 0 amide bonds. The van der Waals surface area contributed by atoms with Crippen LogP contribution in [0.4, 0.5) is 11.8 Å². The van der Waals surface area contributed by atoms with Crippen LogP contribution in [0.25, 0.3) is 20.8 Å². The molecule has 0 radical (unpaired) electrons. The maximum atomic E-state index is 10.5. The highest BCUT2D eigenvalue weighted by Crippen LogP contribution is 2.41. The van der Waals surface area contributed by atoms with Crippen molar-refractivity contribution in [3.05, 3.63) is 24.2 Å². The molecule has 0 spiro atoms. The Morgan fingerprint density at radius 1 is 1.19 bits per heavy atom. The van der Waals surface area contributed by atoms with E-state index in [0.29, 0.717) is 5.95 Å². The van der Waals surface area contributed by atoms with Gasteiger partial charge >= 0.3 is 0 Å². The molecule has 2 fully saturated rings. The molecular weight excluding hydrogens is 408 g/mol. The van der Waals surface area contributed by atoms with Gasteiger partial charge in [-0.2, -0.15) is 4.98 Å². The van der Waals surface area contributed by atoms with Gasteiger partial charge in [0.15, 0.2) is 0 Å². The monoisotopic (exact) mass is 438 g/mol. The summed E-state index contributed by atoms with van der Waals surface area (Å²) in [5.41, 5.74) is 2.21. The summed E-state index contributed by atoms with van der Waals surface area (Å²) >= 11 is 1.64. The molecule has 3 aromatic rings. The average molecular weight is 439 g/mol. The fraction of sp³-hybridized carbons (Fsp3) is 0.565. The number of nitrogens with zero attached hydrogens (tertiary/aromatic N) is 4. The molecule has 0 bridgehead atoms. The lowest BCUT2D eigenvalue weighted by molar-refractivity contribution is 0.0197. The van der Waals surface area contributed by atoms with Gasteiger partial charge in [-0.1, -0.05) is 0 Å². The minimum Gasteiger partial charge on any atom is -0.390 e. The van der Waals surface area contributed by atoms with Gasteiger partial charge in [0.25, 0.3) is 0 Å². The quantitative estimate of drug-likeness (QED) is 0.510. The SMILES string of the molecule is Cc1nc(NC2(C)CC2)nc(NC2CCC(C(C)(C)O)C2)c1-c1nc2cnccc2s1. The molecule has 0 aliphatic heterocycles. The summed E-state index contributed by atoms with van der Waals surface area (Å²) in [7, 11) is 0. The van der Waals surface area contributed by atoms with Crippen LogP contribution in [0.1, 0.15) is 58.6 Å². The molecule has 8 heteroatoms. The summed E-state index contributed by atoms with van der Waals surface area (Å²) in [6.07, 6.45) is 8.83. The molecule has 7 nitrogen and oxygen atoms in total. The zero-order valence-electron chi connectivity index (χ0n) is 18.6. The van der Waals surface area contributed by atoms with Gasteiger partial charge in [0.1, 0.15) is 16.3 Å². The predicted octanol–water partition coefficient (Wildman–Crippen LogP) is 4.77. The van der Waals surface area contributed by atoms with Crippen molar-refractivity contribution in [2.45, 2.75) is 77.0 Å². The highest BCUT2D eigenvalue weighted by Gasteiger charge is 2.39. The molecule has 3 heterocycles. The molecule has 31 heavy (non-hydrogen) atoms. The van der Waals surface area contributed by atoms with Gasteiger partial charge < -0.3 is 15.7 Å². The first kappa shape index (κ1) is 20.6. The summed E-state index contributed by atoms with van der Waals surface area (Å²) in [5, 5.41) is 18.6. The minimum absolute atomic E-state index is 0.103. The number of aromatic nitrogens is 4. The van der Waals surface area contributed by atoms with Gasteiger partial charge in [-0.25, -0.2) is 9.97 Å². The van der Waals surface area contributed by atoms with Gasteiger partial charge in [-0.05, 0) is 71.8 Å². The molecule has 3 aromatic heterocycles. The topological polar surface area (TPSA) is 95.9 Å². The number of thiazole rings is 1. The first-order chi connectivity index (χ1) is 14.7. The van der Waals surface area contributed by atoms with Crippen molar-refractivity contribution in [3.8, 4) is 10.6 Å². The van der Waals surface area contributed by atoms with E-state index in [9.17, 15) is 5.11 Å². The lowest BCUT2D eigenvalue weighted by atomic mass is 9.89. The molecule has 5 rings (SSSR count). The Morgan fingerprint density at radius 2 is 2.00 bits per heavy atom. The number of aliphatic hydroxyl groups is 1. The molecule has 164 valence electrons. The Morgan fingerprint density at radius 3 is 2.68 bits per heavy atom. The third kappa shape index (κ3) is 4.23. The largest absolute Gasteiger partial charge is 0.390 e. The van der Waals surface area contributed by atoms with E-state index >= 15 is 0 Å².